The van der Waals surface area contributed by atoms with Crippen LogP contribution in [0.4, 0.5) is 5.69 Å². The van der Waals surface area contributed by atoms with E-state index in [-0.39, 0.29) is 18.4 Å². The highest BCUT2D eigenvalue weighted by Gasteiger charge is 2.20. The van der Waals surface area contributed by atoms with E-state index in [4.69, 9.17) is 0 Å². The average Bonchev–Trinajstić information content (AvgIpc) is 2.62. The van der Waals surface area contributed by atoms with Crippen LogP contribution in [0, 0.1) is 6.92 Å². The summed E-state index contributed by atoms with van der Waals surface area (Å²) in [6.45, 7) is 3.59. The van der Waals surface area contributed by atoms with Gasteiger partial charge in [0.05, 0.1) is 6.42 Å². The quantitative estimate of drug-likeness (QED) is 0.428. The maximum absolute atomic E-state index is 12.0. The number of hydrazone groups is 1. The molecule has 7 heteroatoms. The van der Waals surface area contributed by atoms with Gasteiger partial charge in [-0.2, -0.15) is 5.10 Å². The number of anilines is 1. The molecule has 26 heavy (non-hydrogen) atoms. The van der Waals surface area contributed by atoms with E-state index in [2.05, 4.69) is 21.2 Å². The van der Waals surface area contributed by atoms with E-state index in [9.17, 15) is 14.4 Å². The van der Waals surface area contributed by atoms with Crippen molar-refractivity contribution < 1.29 is 14.4 Å². The second kappa shape index (κ2) is 9.70. The lowest BCUT2D eigenvalue weighted by Gasteiger charge is -2.22. The summed E-state index contributed by atoms with van der Waals surface area (Å²) in [6, 6.07) is 7.50. The lowest BCUT2D eigenvalue weighted by atomic mass is 9.95. The summed E-state index contributed by atoms with van der Waals surface area (Å²) < 4.78 is 0. The van der Waals surface area contributed by atoms with E-state index in [1.165, 1.54) is 6.42 Å². The van der Waals surface area contributed by atoms with Crippen LogP contribution in [-0.4, -0.2) is 29.5 Å². The van der Waals surface area contributed by atoms with E-state index < -0.39 is 11.8 Å². The highest BCUT2D eigenvalue weighted by Crippen LogP contribution is 2.17. The monoisotopic (exact) mass is 358 g/mol. The zero-order valence-corrected chi connectivity index (χ0v) is 15.3. The molecule has 3 amide bonds. The van der Waals surface area contributed by atoms with Crippen molar-refractivity contribution in [3.8, 4) is 0 Å². The van der Waals surface area contributed by atoms with Crippen molar-refractivity contribution in [2.24, 2.45) is 5.10 Å². The summed E-state index contributed by atoms with van der Waals surface area (Å²) in [5.74, 6) is -1.73. The topological polar surface area (TPSA) is 99.7 Å². The van der Waals surface area contributed by atoms with Gasteiger partial charge in [-0.1, -0.05) is 37.0 Å². The largest absolute Gasteiger partial charge is 0.345 e. The van der Waals surface area contributed by atoms with Gasteiger partial charge in [0.15, 0.2) is 0 Å². The summed E-state index contributed by atoms with van der Waals surface area (Å²) in [7, 11) is 0. The molecule has 1 aliphatic carbocycles. The second-order valence-electron chi connectivity index (χ2n) is 6.69. The Hall–Kier alpha value is -2.70. The van der Waals surface area contributed by atoms with Crippen LogP contribution >= 0.6 is 0 Å². The molecule has 2 rings (SSSR count). The van der Waals surface area contributed by atoms with Gasteiger partial charge in [-0.05, 0) is 38.8 Å². The molecule has 1 aromatic rings. The van der Waals surface area contributed by atoms with E-state index in [1.807, 2.05) is 31.2 Å². The molecule has 7 nitrogen and oxygen atoms in total. The van der Waals surface area contributed by atoms with E-state index in [0.29, 0.717) is 11.4 Å². The second-order valence-corrected chi connectivity index (χ2v) is 6.69. The first-order valence-corrected chi connectivity index (χ1v) is 8.94. The molecule has 0 heterocycles. The first-order valence-electron chi connectivity index (χ1n) is 8.94. The fourth-order valence-corrected chi connectivity index (χ4v) is 2.81. The Morgan fingerprint density at radius 2 is 1.69 bits per heavy atom. The molecule has 0 saturated heterocycles. The van der Waals surface area contributed by atoms with Crippen LogP contribution in [0.1, 0.15) is 51.0 Å². The third-order valence-corrected chi connectivity index (χ3v) is 4.25. The van der Waals surface area contributed by atoms with Crippen LogP contribution in [0.15, 0.2) is 29.4 Å². The van der Waals surface area contributed by atoms with Gasteiger partial charge in [0.1, 0.15) is 0 Å². The van der Waals surface area contributed by atoms with E-state index in [0.717, 1.165) is 31.2 Å². The molecular weight excluding hydrogens is 332 g/mol. The molecule has 1 aliphatic rings. The standard InChI is InChI=1S/C19H26N4O3/c1-13-8-10-16(11-9-13)20-17(24)12-14(2)22-23-19(26)18(25)21-15-6-4-3-5-7-15/h8-11,15H,3-7,12H2,1-2H3,(H,20,24)(H,21,25)(H,23,26)/b22-14-. The van der Waals surface area contributed by atoms with E-state index >= 15 is 0 Å². The normalized spacial score (nSPS) is 15.2. The van der Waals surface area contributed by atoms with Crippen molar-refractivity contribution in [1.82, 2.24) is 10.7 Å². The number of rotatable bonds is 5. The van der Waals surface area contributed by atoms with Crippen molar-refractivity contribution in [3.05, 3.63) is 29.8 Å². The molecule has 0 radical (unpaired) electrons. The van der Waals surface area contributed by atoms with Crippen molar-refractivity contribution >= 4 is 29.1 Å². The van der Waals surface area contributed by atoms with Gasteiger partial charge >= 0.3 is 11.8 Å². The third-order valence-electron chi connectivity index (χ3n) is 4.25. The summed E-state index contributed by atoms with van der Waals surface area (Å²) in [5.41, 5.74) is 4.42. The number of hydrogen-bond donors (Lipinski definition) is 3. The molecule has 1 saturated carbocycles. The predicted octanol–water partition coefficient (Wildman–Crippen LogP) is 2.26. The Kier molecular flexibility index (Phi) is 7.32. The molecule has 1 aromatic carbocycles. The molecule has 0 unspecified atom stereocenters. The molecule has 0 aliphatic heterocycles. The fraction of sp³-hybridized carbons (Fsp3) is 0.474. The van der Waals surface area contributed by atoms with Gasteiger partial charge in [-0.3, -0.25) is 14.4 Å². The molecule has 140 valence electrons. The molecule has 3 N–H and O–H groups in total. The van der Waals surface area contributed by atoms with Crippen molar-refractivity contribution in [2.75, 3.05) is 5.32 Å². The summed E-state index contributed by atoms with van der Waals surface area (Å²) in [5, 5.41) is 9.30. The number of hydrogen-bond acceptors (Lipinski definition) is 4. The first kappa shape index (κ1) is 19.6. The average molecular weight is 358 g/mol. The number of aryl methyl sites for hydroxylation is 1. The highest BCUT2D eigenvalue weighted by atomic mass is 16.2. The van der Waals surface area contributed by atoms with Gasteiger partial charge in [-0.15, -0.1) is 0 Å². The van der Waals surface area contributed by atoms with Crippen LogP contribution in [-0.2, 0) is 14.4 Å². The minimum Gasteiger partial charge on any atom is -0.345 e. The molecule has 0 spiro atoms. The maximum Gasteiger partial charge on any atom is 0.329 e. The lowest BCUT2D eigenvalue weighted by Crippen LogP contribution is -2.44. The van der Waals surface area contributed by atoms with Crippen molar-refractivity contribution in [3.63, 3.8) is 0 Å². The molecule has 0 bridgehead atoms. The van der Waals surface area contributed by atoms with Gasteiger partial charge in [0, 0.05) is 17.4 Å². The number of amides is 3. The zero-order valence-electron chi connectivity index (χ0n) is 15.3. The van der Waals surface area contributed by atoms with Crippen LogP contribution in [0.2, 0.25) is 0 Å². The first-order chi connectivity index (χ1) is 12.4. The Bertz CT molecular complexity index is 677. The highest BCUT2D eigenvalue weighted by molar-refractivity contribution is 6.35. The van der Waals surface area contributed by atoms with Gasteiger partial charge in [-0.25, -0.2) is 5.43 Å². The number of carbonyl (C=O) groups is 3. The fourth-order valence-electron chi connectivity index (χ4n) is 2.81. The Morgan fingerprint density at radius 1 is 1.04 bits per heavy atom. The minimum atomic E-state index is -0.811. The summed E-state index contributed by atoms with van der Waals surface area (Å²) in [6.07, 6.45) is 5.14. The Labute approximate surface area is 153 Å². The van der Waals surface area contributed by atoms with E-state index in [1.54, 1.807) is 6.92 Å². The Balaban J connectivity index is 1.75. The number of nitrogens with one attached hydrogen (secondary N) is 3. The minimum absolute atomic E-state index is 0.0262. The third kappa shape index (κ3) is 6.66. The lowest BCUT2D eigenvalue weighted by molar-refractivity contribution is -0.139. The smallest absolute Gasteiger partial charge is 0.329 e. The SMILES string of the molecule is C/C(CC(=O)Nc1ccc(C)cc1)=N/NC(=O)C(=O)NC1CCCCC1. The van der Waals surface area contributed by atoms with Crippen LogP contribution in [0.3, 0.4) is 0 Å². The number of benzene rings is 1. The number of carbonyl (C=O) groups excluding carboxylic acids is 3. The van der Waals surface area contributed by atoms with Gasteiger partial charge in [0.25, 0.3) is 0 Å². The summed E-state index contributed by atoms with van der Waals surface area (Å²) >= 11 is 0. The van der Waals surface area contributed by atoms with Gasteiger partial charge < -0.3 is 10.6 Å². The van der Waals surface area contributed by atoms with Crippen molar-refractivity contribution in [2.45, 2.75) is 58.4 Å². The number of nitrogens with zero attached hydrogens (tertiary/aromatic N) is 1. The molecule has 1 fully saturated rings. The van der Waals surface area contributed by atoms with Gasteiger partial charge in [0.2, 0.25) is 5.91 Å². The zero-order chi connectivity index (χ0) is 18.9. The summed E-state index contributed by atoms with van der Waals surface area (Å²) in [4.78, 5) is 35.6. The molecule has 0 aromatic heterocycles. The van der Waals surface area contributed by atoms with Crippen molar-refractivity contribution in [1.29, 1.82) is 0 Å². The van der Waals surface area contributed by atoms with Crippen LogP contribution < -0.4 is 16.1 Å². The Morgan fingerprint density at radius 3 is 2.35 bits per heavy atom. The molecular formula is C19H26N4O3. The predicted molar refractivity (Wildman–Crippen MR) is 101 cm³/mol. The molecule has 0 atom stereocenters. The maximum atomic E-state index is 12.0. The van der Waals surface area contributed by atoms with Crippen LogP contribution in [0.25, 0.3) is 0 Å². The van der Waals surface area contributed by atoms with Crippen LogP contribution in [0.5, 0.6) is 0 Å².